The van der Waals surface area contributed by atoms with Crippen molar-refractivity contribution in [2.45, 2.75) is 12.5 Å². The summed E-state index contributed by atoms with van der Waals surface area (Å²) in [6.45, 7) is 0.731. The molecule has 0 aliphatic carbocycles. The van der Waals surface area contributed by atoms with Crippen molar-refractivity contribution in [3.05, 3.63) is 66.0 Å². The summed E-state index contributed by atoms with van der Waals surface area (Å²) in [7, 11) is 4.12. The molecule has 0 amide bonds. The molecule has 0 aromatic heterocycles. The fourth-order valence-electron chi connectivity index (χ4n) is 2.24. The van der Waals surface area contributed by atoms with Crippen LogP contribution >= 0.6 is 12.2 Å². The van der Waals surface area contributed by atoms with E-state index in [2.05, 4.69) is 53.9 Å². The van der Waals surface area contributed by atoms with Gasteiger partial charge in [-0.3, -0.25) is 0 Å². The normalized spacial score (nSPS) is 12.0. The fraction of sp³-hybridized carbons (Fsp3) is 0.278. The first-order chi connectivity index (χ1) is 11.0. The van der Waals surface area contributed by atoms with Gasteiger partial charge in [-0.2, -0.15) is 0 Å². The molecule has 0 saturated carbocycles. The van der Waals surface area contributed by atoms with Gasteiger partial charge in [0.15, 0.2) is 5.11 Å². The average Bonchev–Trinajstić information content (AvgIpc) is 2.54. The van der Waals surface area contributed by atoms with Gasteiger partial charge in [0, 0.05) is 18.3 Å². The first-order valence-electron chi connectivity index (χ1n) is 7.55. The summed E-state index contributed by atoms with van der Waals surface area (Å²) < 4.78 is 12.9. The molecule has 0 unspecified atom stereocenters. The molecule has 0 aliphatic rings. The molecule has 0 spiro atoms. The topological polar surface area (TPSA) is 27.3 Å². The van der Waals surface area contributed by atoms with E-state index in [9.17, 15) is 4.39 Å². The molecule has 0 aliphatic heterocycles. The maximum Gasteiger partial charge on any atom is 0.170 e. The second-order valence-electron chi connectivity index (χ2n) is 5.65. The molecule has 23 heavy (non-hydrogen) atoms. The summed E-state index contributed by atoms with van der Waals surface area (Å²) in [5.41, 5.74) is 2.07. The molecular weight excluding hydrogens is 309 g/mol. The van der Waals surface area contributed by atoms with Gasteiger partial charge in [0.05, 0.1) is 0 Å². The largest absolute Gasteiger partial charge is 0.361 e. The highest BCUT2D eigenvalue weighted by atomic mass is 32.1. The molecule has 2 N–H and O–H groups in total. The summed E-state index contributed by atoms with van der Waals surface area (Å²) in [4.78, 5) is 2.18. The Bertz CT molecular complexity index is 614. The quantitative estimate of drug-likeness (QED) is 0.795. The van der Waals surface area contributed by atoms with Crippen molar-refractivity contribution in [2.24, 2.45) is 0 Å². The number of benzene rings is 2. The van der Waals surface area contributed by atoms with Crippen molar-refractivity contribution in [3.63, 3.8) is 0 Å². The highest BCUT2D eigenvalue weighted by Crippen LogP contribution is 2.09. The Morgan fingerprint density at radius 2 is 1.74 bits per heavy atom. The maximum atomic E-state index is 12.9. The Morgan fingerprint density at radius 3 is 2.35 bits per heavy atom. The van der Waals surface area contributed by atoms with Gasteiger partial charge in [0.2, 0.25) is 0 Å². The standard InChI is InChI=1S/C18H22FN3S/c1-22(2)17(12-14-6-4-3-5-7-14)13-20-18(23)21-16-10-8-15(19)9-11-16/h3-11,17H,12-13H2,1-2H3,(H2,20,21,23)/t17-/m0/s1. The third-order valence-corrected chi connectivity index (χ3v) is 3.89. The van der Waals surface area contributed by atoms with Gasteiger partial charge in [-0.15, -0.1) is 0 Å². The highest BCUT2D eigenvalue weighted by molar-refractivity contribution is 7.80. The van der Waals surface area contributed by atoms with Crippen LogP contribution in [0.15, 0.2) is 54.6 Å². The molecule has 2 aromatic rings. The van der Waals surface area contributed by atoms with Crippen LogP contribution in [0.4, 0.5) is 10.1 Å². The van der Waals surface area contributed by atoms with E-state index in [1.54, 1.807) is 12.1 Å². The third kappa shape index (κ3) is 5.96. The summed E-state index contributed by atoms with van der Waals surface area (Å²) in [5, 5.41) is 6.83. The van der Waals surface area contributed by atoms with Crippen LogP contribution in [-0.2, 0) is 6.42 Å². The number of nitrogens with zero attached hydrogens (tertiary/aromatic N) is 1. The second-order valence-corrected chi connectivity index (χ2v) is 6.06. The van der Waals surface area contributed by atoms with Crippen LogP contribution in [0.2, 0.25) is 0 Å². The van der Waals surface area contributed by atoms with Crippen molar-refractivity contribution >= 4 is 23.0 Å². The van der Waals surface area contributed by atoms with E-state index in [1.165, 1.54) is 17.7 Å². The number of hydrogen-bond acceptors (Lipinski definition) is 2. The van der Waals surface area contributed by atoms with Crippen LogP contribution in [0, 0.1) is 5.82 Å². The van der Waals surface area contributed by atoms with Gasteiger partial charge >= 0.3 is 0 Å². The Morgan fingerprint density at radius 1 is 1.09 bits per heavy atom. The minimum absolute atomic E-state index is 0.259. The zero-order chi connectivity index (χ0) is 16.7. The van der Waals surface area contributed by atoms with E-state index in [0.29, 0.717) is 11.2 Å². The van der Waals surface area contributed by atoms with Crippen LogP contribution in [0.1, 0.15) is 5.56 Å². The number of rotatable bonds is 6. The molecule has 0 radical (unpaired) electrons. The van der Waals surface area contributed by atoms with E-state index in [4.69, 9.17) is 12.2 Å². The lowest BCUT2D eigenvalue weighted by molar-refractivity contribution is 0.291. The van der Waals surface area contributed by atoms with Gasteiger partial charge < -0.3 is 15.5 Å². The highest BCUT2D eigenvalue weighted by Gasteiger charge is 2.12. The van der Waals surface area contributed by atoms with Crippen molar-refractivity contribution in [3.8, 4) is 0 Å². The number of likely N-dealkylation sites (N-methyl/N-ethyl adjacent to an activating group) is 1. The first kappa shape index (κ1) is 17.4. The smallest absolute Gasteiger partial charge is 0.170 e. The zero-order valence-corrected chi connectivity index (χ0v) is 14.2. The first-order valence-corrected chi connectivity index (χ1v) is 7.96. The average molecular weight is 331 g/mol. The van der Waals surface area contributed by atoms with Gasteiger partial charge in [-0.25, -0.2) is 4.39 Å². The molecule has 0 bridgehead atoms. The molecule has 0 fully saturated rings. The number of thiocarbonyl (C=S) groups is 1. The lowest BCUT2D eigenvalue weighted by atomic mass is 10.1. The SMILES string of the molecule is CN(C)[C@H](CNC(=S)Nc1ccc(F)cc1)Cc1ccccc1. The lowest BCUT2D eigenvalue weighted by Crippen LogP contribution is -2.42. The number of halogens is 1. The van der Waals surface area contributed by atoms with Crippen LogP contribution < -0.4 is 10.6 Å². The van der Waals surface area contributed by atoms with E-state index in [1.807, 2.05) is 6.07 Å². The Hall–Kier alpha value is -1.98. The van der Waals surface area contributed by atoms with Crippen LogP contribution in [0.3, 0.4) is 0 Å². The Kier molecular flexibility index (Phi) is 6.50. The predicted octanol–water partition coefficient (Wildman–Crippen LogP) is 3.29. The lowest BCUT2D eigenvalue weighted by Gasteiger charge is -2.25. The minimum atomic E-state index is -0.259. The molecule has 2 rings (SSSR count). The van der Waals surface area contributed by atoms with Crippen LogP contribution in [-0.4, -0.2) is 36.7 Å². The second kappa shape index (κ2) is 8.60. The summed E-state index contributed by atoms with van der Waals surface area (Å²) in [6, 6.07) is 16.8. The number of nitrogens with one attached hydrogen (secondary N) is 2. The molecule has 0 heterocycles. The zero-order valence-electron chi connectivity index (χ0n) is 13.4. The minimum Gasteiger partial charge on any atom is -0.361 e. The van der Waals surface area contributed by atoms with Crippen molar-refractivity contribution in [1.82, 2.24) is 10.2 Å². The van der Waals surface area contributed by atoms with E-state index in [0.717, 1.165) is 18.7 Å². The molecule has 2 aromatic carbocycles. The Labute approximate surface area is 142 Å². The van der Waals surface area contributed by atoms with Crippen LogP contribution in [0.25, 0.3) is 0 Å². The summed E-state index contributed by atoms with van der Waals surface area (Å²) in [5.74, 6) is -0.259. The fourth-order valence-corrected chi connectivity index (χ4v) is 2.44. The van der Waals surface area contributed by atoms with Gasteiger partial charge in [0.1, 0.15) is 5.82 Å². The molecule has 1 atom stereocenters. The van der Waals surface area contributed by atoms with Gasteiger partial charge in [0.25, 0.3) is 0 Å². The van der Waals surface area contributed by atoms with Gasteiger partial charge in [-0.05, 0) is 62.6 Å². The van der Waals surface area contributed by atoms with Crippen LogP contribution in [0.5, 0.6) is 0 Å². The van der Waals surface area contributed by atoms with E-state index >= 15 is 0 Å². The summed E-state index contributed by atoms with van der Waals surface area (Å²) >= 11 is 5.30. The van der Waals surface area contributed by atoms with Gasteiger partial charge in [-0.1, -0.05) is 30.3 Å². The molecule has 0 saturated heterocycles. The molecule has 122 valence electrons. The molecular formula is C18H22FN3S. The number of hydrogen-bond donors (Lipinski definition) is 2. The van der Waals surface area contributed by atoms with Crippen molar-refractivity contribution < 1.29 is 4.39 Å². The number of anilines is 1. The molecule has 3 nitrogen and oxygen atoms in total. The monoisotopic (exact) mass is 331 g/mol. The van der Waals surface area contributed by atoms with E-state index in [-0.39, 0.29) is 5.82 Å². The van der Waals surface area contributed by atoms with E-state index < -0.39 is 0 Å². The van der Waals surface area contributed by atoms with Crippen molar-refractivity contribution in [2.75, 3.05) is 26.0 Å². The van der Waals surface area contributed by atoms with Crippen molar-refractivity contribution in [1.29, 1.82) is 0 Å². The predicted molar refractivity (Wildman–Crippen MR) is 98.2 cm³/mol. The summed E-state index contributed by atoms with van der Waals surface area (Å²) in [6.07, 6.45) is 0.944. The Balaban J connectivity index is 1.85. The molecule has 5 heteroatoms. The third-order valence-electron chi connectivity index (χ3n) is 3.64. The maximum absolute atomic E-state index is 12.9.